The Morgan fingerprint density at radius 2 is 1.40 bits per heavy atom. The number of pyridine rings is 1. The van der Waals surface area contributed by atoms with Gasteiger partial charge in [-0.3, -0.25) is 9.98 Å². The van der Waals surface area contributed by atoms with E-state index in [2.05, 4.69) is 106 Å². The highest BCUT2D eigenvalue weighted by molar-refractivity contribution is 6.07. The third kappa shape index (κ3) is 3.15. The van der Waals surface area contributed by atoms with Gasteiger partial charge in [0.15, 0.2) is 0 Å². The monoisotopic (exact) mass is 388 g/mol. The Morgan fingerprint density at radius 3 is 2.10 bits per heavy atom. The largest absolute Gasteiger partial charge is 0.255 e. The summed E-state index contributed by atoms with van der Waals surface area (Å²) in [5, 5.41) is 1.14. The molecule has 0 radical (unpaired) electrons. The van der Waals surface area contributed by atoms with Crippen LogP contribution in [0.15, 0.2) is 89.9 Å². The van der Waals surface area contributed by atoms with Crippen LogP contribution in [-0.2, 0) is 0 Å². The Hall–Kier alpha value is -3.52. The molecule has 3 aromatic carbocycles. The lowest BCUT2D eigenvalue weighted by molar-refractivity contribution is 0.995. The SMILES string of the molecule is CC1=Nc2c(ccc3c(-c4ccccc4)cc(C)nc23)C(c2ccccc2)=CC1C. The lowest BCUT2D eigenvalue weighted by Crippen LogP contribution is -2.02. The van der Waals surface area contributed by atoms with E-state index in [4.69, 9.17) is 9.98 Å². The molecule has 0 saturated carbocycles. The zero-order chi connectivity index (χ0) is 20.7. The van der Waals surface area contributed by atoms with E-state index in [1.54, 1.807) is 0 Å². The molecule has 5 rings (SSSR count). The Labute approximate surface area is 177 Å². The van der Waals surface area contributed by atoms with Crippen LogP contribution >= 0.6 is 0 Å². The van der Waals surface area contributed by atoms with E-state index in [1.165, 1.54) is 22.3 Å². The molecule has 2 heterocycles. The molecular formula is C28H24N2. The second-order valence-electron chi connectivity index (χ2n) is 8.02. The third-order valence-electron chi connectivity index (χ3n) is 5.91. The molecule has 0 amide bonds. The van der Waals surface area contributed by atoms with Gasteiger partial charge in [-0.1, -0.05) is 85.8 Å². The number of aromatic nitrogens is 1. The predicted octanol–water partition coefficient (Wildman–Crippen LogP) is 7.38. The quantitative estimate of drug-likeness (QED) is 0.351. The first-order valence-corrected chi connectivity index (χ1v) is 10.4. The highest BCUT2D eigenvalue weighted by Crippen LogP contribution is 2.42. The first kappa shape index (κ1) is 18.5. The van der Waals surface area contributed by atoms with Gasteiger partial charge in [-0.15, -0.1) is 0 Å². The Balaban J connectivity index is 1.84. The van der Waals surface area contributed by atoms with E-state index in [0.717, 1.165) is 33.6 Å². The molecule has 30 heavy (non-hydrogen) atoms. The van der Waals surface area contributed by atoms with E-state index in [-0.39, 0.29) is 5.92 Å². The van der Waals surface area contributed by atoms with Crippen molar-refractivity contribution in [1.29, 1.82) is 0 Å². The molecule has 1 aliphatic rings. The highest BCUT2D eigenvalue weighted by atomic mass is 14.8. The fourth-order valence-corrected chi connectivity index (χ4v) is 4.20. The summed E-state index contributed by atoms with van der Waals surface area (Å²) in [5.41, 5.74) is 10.1. The lowest BCUT2D eigenvalue weighted by Gasteiger charge is -2.15. The van der Waals surface area contributed by atoms with Crippen LogP contribution in [0.25, 0.3) is 27.6 Å². The van der Waals surface area contributed by atoms with Crippen LogP contribution in [0.2, 0.25) is 0 Å². The zero-order valence-electron chi connectivity index (χ0n) is 17.6. The van der Waals surface area contributed by atoms with Gasteiger partial charge >= 0.3 is 0 Å². The number of hydrogen-bond acceptors (Lipinski definition) is 2. The number of rotatable bonds is 2. The molecule has 0 spiro atoms. The minimum Gasteiger partial charge on any atom is -0.255 e. The molecule has 4 aromatic rings. The molecular weight excluding hydrogens is 364 g/mol. The summed E-state index contributed by atoms with van der Waals surface area (Å²) in [7, 11) is 0. The lowest BCUT2D eigenvalue weighted by atomic mass is 9.91. The molecule has 0 aliphatic carbocycles. The number of hydrogen-bond donors (Lipinski definition) is 0. The minimum absolute atomic E-state index is 0.265. The van der Waals surface area contributed by atoms with E-state index in [1.807, 2.05) is 0 Å². The molecule has 1 unspecified atom stereocenters. The molecule has 0 fully saturated rings. The number of nitrogens with zero attached hydrogens (tertiary/aromatic N) is 2. The number of benzene rings is 3. The second kappa shape index (κ2) is 7.38. The molecule has 1 atom stereocenters. The first-order chi connectivity index (χ1) is 14.6. The Kier molecular flexibility index (Phi) is 4.55. The third-order valence-corrected chi connectivity index (χ3v) is 5.91. The summed E-state index contributed by atoms with van der Waals surface area (Å²) in [6.07, 6.45) is 2.33. The van der Waals surface area contributed by atoms with E-state index >= 15 is 0 Å². The van der Waals surface area contributed by atoms with Gasteiger partial charge < -0.3 is 0 Å². The summed E-state index contributed by atoms with van der Waals surface area (Å²) in [4.78, 5) is 10.1. The van der Waals surface area contributed by atoms with Gasteiger partial charge in [-0.2, -0.15) is 0 Å². The molecule has 1 aliphatic heterocycles. The number of allylic oxidation sites excluding steroid dienone is 1. The fraction of sp³-hybridized carbons (Fsp3) is 0.143. The van der Waals surface area contributed by atoms with Gasteiger partial charge in [0.1, 0.15) is 0 Å². The zero-order valence-corrected chi connectivity index (χ0v) is 17.6. The summed E-state index contributed by atoms with van der Waals surface area (Å²) < 4.78 is 0. The van der Waals surface area contributed by atoms with Crippen LogP contribution in [0.4, 0.5) is 5.69 Å². The predicted molar refractivity (Wildman–Crippen MR) is 127 cm³/mol. The summed E-state index contributed by atoms with van der Waals surface area (Å²) in [6, 6.07) is 27.7. The maximum absolute atomic E-state index is 5.10. The van der Waals surface area contributed by atoms with Gasteiger partial charge in [0, 0.05) is 28.3 Å². The minimum atomic E-state index is 0.265. The summed E-state index contributed by atoms with van der Waals surface area (Å²) in [5.74, 6) is 0.265. The van der Waals surface area contributed by atoms with Crippen molar-refractivity contribution < 1.29 is 0 Å². The molecule has 0 bridgehead atoms. The van der Waals surface area contributed by atoms with Crippen molar-refractivity contribution in [1.82, 2.24) is 4.98 Å². The van der Waals surface area contributed by atoms with E-state index in [9.17, 15) is 0 Å². The van der Waals surface area contributed by atoms with E-state index in [0.29, 0.717) is 0 Å². The van der Waals surface area contributed by atoms with Crippen LogP contribution in [0, 0.1) is 12.8 Å². The molecule has 2 nitrogen and oxygen atoms in total. The smallest absolute Gasteiger partial charge is 0.0974 e. The Morgan fingerprint density at radius 1 is 0.733 bits per heavy atom. The molecule has 2 heteroatoms. The van der Waals surface area contributed by atoms with Gasteiger partial charge in [-0.05, 0) is 42.2 Å². The van der Waals surface area contributed by atoms with Crippen LogP contribution in [0.3, 0.4) is 0 Å². The molecule has 146 valence electrons. The molecule has 1 aromatic heterocycles. The topological polar surface area (TPSA) is 25.2 Å². The number of fused-ring (bicyclic) bond motifs is 3. The summed E-state index contributed by atoms with van der Waals surface area (Å²) >= 11 is 0. The molecule has 0 N–H and O–H groups in total. The molecule has 0 saturated heterocycles. The van der Waals surface area contributed by atoms with Crippen molar-refractivity contribution in [2.75, 3.05) is 0 Å². The fourth-order valence-electron chi connectivity index (χ4n) is 4.20. The Bertz CT molecular complexity index is 1300. The average molecular weight is 389 g/mol. The number of aliphatic imine (C=N–C) groups is 1. The summed E-state index contributed by atoms with van der Waals surface area (Å²) in [6.45, 7) is 6.39. The van der Waals surface area contributed by atoms with Crippen LogP contribution in [-0.4, -0.2) is 10.7 Å². The van der Waals surface area contributed by atoms with Crippen molar-refractivity contribution >= 4 is 27.9 Å². The van der Waals surface area contributed by atoms with Crippen LogP contribution in [0.1, 0.15) is 30.7 Å². The van der Waals surface area contributed by atoms with Crippen molar-refractivity contribution in [3.05, 3.63) is 102 Å². The second-order valence-corrected chi connectivity index (χ2v) is 8.02. The van der Waals surface area contributed by atoms with E-state index < -0.39 is 0 Å². The standard InChI is InChI=1S/C28H24N2/c1-18-16-25(21-10-6-4-7-11-21)23-14-15-24-26(22-12-8-5-9-13-22)17-19(2)29-27(24)28(23)30-20(18)3/h4-18H,1-3H3. The van der Waals surface area contributed by atoms with Gasteiger partial charge in [0.25, 0.3) is 0 Å². The van der Waals surface area contributed by atoms with Crippen LogP contribution < -0.4 is 0 Å². The van der Waals surface area contributed by atoms with Gasteiger partial charge in [0.05, 0.1) is 11.2 Å². The normalized spacial score (nSPS) is 15.9. The average Bonchev–Trinajstić information content (AvgIpc) is 2.91. The first-order valence-electron chi connectivity index (χ1n) is 10.4. The highest BCUT2D eigenvalue weighted by Gasteiger charge is 2.21. The van der Waals surface area contributed by atoms with Crippen molar-refractivity contribution in [3.63, 3.8) is 0 Å². The van der Waals surface area contributed by atoms with Crippen LogP contribution in [0.5, 0.6) is 0 Å². The maximum atomic E-state index is 5.10. The van der Waals surface area contributed by atoms with Crippen molar-refractivity contribution in [2.45, 2.75) is 20.8 Å². The number of aryl methyl sites for hydroxylation is 1. The van der Waals surface area contributed by atoms with Gasteiger partial charge in [-0.25, -0.2) is 0 Å². The van der Waals surface area contributed by atoms with Crippen molar-refractivity contribution in [3.8, 4) is 11.1 Å². The maximum Gasteiger partial charge on any atom is 0.0974 e. The van der Waals surface area contributed by atoms with Crippen molar-refractivity contribution in [2.24, 2.45) is 10.9 Å². The van der Waals surface area contributed by atoms with Gasteiger partial charge in [0.2, 0.25) is 0 Å².